The Kier molecular flexibility index (Phi) is 18.6. The van der Waals surface area contributed by atoms with Gasteiger partial charge >= 0.3 is 17.9 Å². The molecular formula is C31H45NO13. The molecule has 1 aromatic carbocycles. The summed E-state index contributed by atoms with van der Waals surface area (Å²) >= 11 is 0. The summed E-state index contributed by atoms with van der Waals surface area (Å²) in [6.45, 7) is 7.98. The molecule has 0 aromatic heterocycles. The first kappa shape index (κ1) is 37.8. The van der Waals surface area contributed by atoms with Crippen molar-refractivity contribution < 1.29 is 61.8 Å². The first-order valence-corrected chi connectivity index (χ1v) is 14.7. The number of nitrogens with one attached hydrogen (secondary N) is 1. The first-order chi connectivity index (χ1) is 21.7. The number of ether oxygens (including phenoxy) is 9. The Hall–Kier alpha value is -3.40. The molecule has 1 heterocycles. The largest absolute Gasteiger partial charge is 0.463 e. The van der Waals surface area contributed by atoms with Crippen molar-refractivity contribution in [2.24, 2.45) is 0 Å². The summed E-state index contributed by atoms with van der Waals surface area (Å²) in [7, 11) is 0. The van der Waals surface area contributed by atoms with Crippen LogP contribution in [0.4, 0.5) is 0 Å². The number of hydrogen-bond acceptors (Lipinski definition) is 13. The highest BCUT2D eigenvalue weighted by molar-refractivity contribution is 5.75. The summed E-state index contributed by atoms with van der Waals surface area (Å²) in [5.41, 5.74) is 1.25. The maximum atomic E-state index is 11.9. The second-order valence-corrected chi connectivity index (χ2v) is 9.86. The van der Waals surface area contributed by atoms with Gasteiger partial charge in [-0.2, -0.15) is 0 Å². The molecule has 0 bridgehead atoms. The summed E-state index contributed by atoms with van der Waals surface area (Å²) in [4.78, 5) is 47.1. The van der Waals surface area contributed by atoms with Crippen LogP contribution in [0.1, 0.15) is 39.7 Å². The monoisotopic (exact) mass is 639 g/mol. The molecule has 0 fully saturated rings. The van der Waals surface area contributed by atoms with Gasteiger partial charge in [-0.3, -0.25) is 19.2 Å². The maximum absolute atomic E-state index is 11.9. The lowest BCUT2D eigenvalue weighted by Gasteiger charge is -2.30. The lowest BCUT2D eigenvalue weighted by Crippen LogP contribution is -2.46. The maximum Gasteiger partial charge on any atom is 0.303 e. The van der Waals surface area contributed by atoms with Crippen molar-refractivity contribution in [1.82, 2.24) is 5.32 Å². The van der Waals surface area contributed by atoms with Gasteiger partial charge in [0.2, 0.25) is 5.91 Å². The Labute approximate surface area is 263 Å². The number of carbonyl (C=O) groups excluding carboxylic acids is 4. The number of carbonyl (C=O) groups is 4. The lowest BCUT2D eigenvalue weighted by atomic mass is 10.1. The van der Waals surface area contributed by atoms with Gasteiger partial charge in [0.1, 0.15) is 12.7 Å². The molecule has 14 nitrogen and oxygen atoms in total. The third-order valence-electron chi connectivity index (χ3n) is 5.89. The van der Waals surface area contributed by atoms with Crippen LogP contribution in [0.3, 0.4) is 0 Å². The van der Waals surface area contributed by atoms with Gasteiger partial charge in [0, 0.05) is 40.9 Å². The minimum Gasteiger partial charge on any atom is -0.463 e. The van der Waals surface area contributed by atoms with Gasteiger partial charge in [0.15, 0.2) is 18.5 Å². The van der Waals surface area contributed by atoms with E-state index in [4.69, 9.17) is 42.6 Å². The zero-order valence-corrected chi connectivity index (χ0v) is 26.4. The van der Waals surface area contributed by atoms with E-state index in [1.165, 1.54) is 33.8 Å². The van der Waals surface area contributed by atoms with Gasteiger partial charge in [0.05, 0.1) is 51.9 Å². The Morgan fingerprint density at radius 1 is 0.733 bits per heavy atom. The SMILES string of the molecule is CC(=O)NC1=C[C@@H](OC(C)=O)[C@@H](OC(C)=O)[C@@H](COC(C)=O)O[C@H]1OCCOCCOCCOCCCOCc1ccccc1. The van der Waals surface area contributed by atoms with E-state index < -0.39 is 48.4 Å². The molecule has 1 aliphatic rings. The Balaban J connectivity index is 1.73. The second kappa shape index (κ2) is 22.2. The van der Waals surface area contributed by atoms with E-state index in [1.807, 2.05) is 30.3 Å². The molecule has 0 spiro atoms. The zero-order chi connectivity index (χ0) is 32.9. The number of rotatable bonds is 21. The molecule has 1 aliphatic heterocycles. The minimum atomic E-state index is -1.20. The van der Waals surface area contributed by atoms with Crippen LogP contribution in [-0.2, 0) is 68.4 Å². The molecule has 45 heavy (non-hydrogen) atoms. The van der Waals surface area contributed by atoms with Gasteiger partial charge < -0.3 is 47.9 Å². The standard InChI is InChI=1S/C31H45NO13/c1-22(33)32-27-19-28(43-24(3)35)30(44-25(4)36)29(21-42-23(2)34)45-31(27)41-18-17-39-16-15-38-14-13-37-11-8-12-40-20-26-9-6-5-7-10-26/h5-7,9-10,19,28-31H,8,11-18,20-21H2,1-4H3,(H,32,33)/t28-,29-,30-,31-/m1/s1. The molecule has 0 aliphatic carbocycles. The molecule has 14 heteroatoms. The van der Waals surface area contributed by atoms with Crippen LogP contribution in [0.5, 0.6) is 0 Å². The number of amides is 1. The molecule has 4 atom stereocenters. The third kappa shape index (κ3) is 17.0. The zero-order valence-electron chi connectivity index (χ0n) is 26.4. The van der Waals surface area contributed by atoms with Crippen LogP contribution in [0.25, 0.3) is 0 Å². The molecular weight excluding hydrogens is 594 g/mol. The molecule has 1 N–H and O–H groups in total. The van der Waals surface area contributed by atoms with Crippen molar-refractivity contribution in [2.75, 3.05) is 59.5 Å². The molecule has 0 unspecified atom stereocenters. The van der Waals surface area contributed by atoms with Crippen molar-refractivity contribution in [3.05, 3.63) is 47.7 Å². The summed E-state index contributed by atoms with van der Waals surface area (Å²) in [5.74, 6) is -2.41. The van der Waals surface area contributed by atoms with Gasteiger partial charge in [-0.25, -0.2) is 0 Å². The van der Waals surface area contributed by atoms with E-state index in [9.17, 15) is 19.2 Å². The summed E-state index contributed by atoms with van der Waals surface area (Å²) < 4.78 is 49.9. The van der Waals surface area contributed by atoms with E-state index in [1.54, 1.807) is 0 Å². The van der Waals surface area contributed by atoms with Crippen molar-refractivity contribution in [1.29, 1.82) is 0 Å². The topological polar surface area (TPSA) is 163 Å². The van der Waals surface area contributed by atoms with Crippen molar-refractivity contribution in [3.63, 3.8) is 0 Å². The number of benzene rings is 1. The van der Waals surface area contributed by atoms with Gasteiger partial charge in [0.25, 0.3) is 0 Å². The van der Waals surface area contributed by atoms with Crippen LogP contribution in [0, 0.1) is 0 Å². The normalized spacial score (nSPS) is 19.6. The van der Waals surface area contributed by atoms with Crippen LogP contribution in [-0.4, -0.2) is 108 Å². The summed E-state index contributed by atoms with van der Waals surface area (Å²) in [5, 5.41) is 2.59. The Morgan fingerprint density at radius 2 is 1.33 bits per heavy atom. The minimum absolute atomic E-state index is 0.0355. The quantitative estimate of drug-likeness (QED) is 0.118. The lowest BCUT2D eigenvalue weighted by molar-refractivity contribution is -0.210. The Morgan fingerprint density at radius 3 is 1.93 bits per heavy atom. The van der Waals surface area contributed by atoms with Crippen molar-refractivity contribution in [3.8, 4) is 0 Å². The van der Waals surface area contributed by atoms with Crippen LogP contribution >= 0.6 is 0 Å². The van der Waals surface area contributed by atoms with Crippen LogP contribution in [0.15, 0.2) is 42.1 Å². The van der Waals surface area contributed by atoms with E-state index in [2.05, 4.69) is 5.32 Å². The van der Waals surface area contributed by atoms with E-state index in [-0.39, 0.29) is 25.5 Å². The second-order valence-electron chi connectivity index (χ2n) is 9.86. The highest BCUT2D eigenvalue weighted by atomic mass is 16.7. The average molecular weight is 640 g/mol. The van der Waals surface area contributed by atoms with E-state index in [0.717, 1.165) is 12.0 Å². The van der Waals surface area contributed by atoms with Gasteiger partial charge in [-0.15, -0.1) is 0 Å². The Bertz CT molecular complexity index is 1060. The van der Waals surface area contributed by atoms with Gasteiger partial charge in [-0.1, -0.05) is 30.3 Å². The van der Waals surface area contributed by atoms with Crippen molar-refractivity contribution in [2.45, 2.75) is 65.3 Å². The van der Waals surface area contributed by atoms with Gasteiger partial charge in [-0.05, 0) is 18.1 Å². The fourth-order valence-electron chi connectivity index (χ4n) is 4.05. The molecule has 1 amide bonds. The summed E-state index contributed by atoms with van der Waals surface area (Å²) in [6, 6.07) is 9.98. The van der Waals surface area contributed by atoms with E-state index >= 15 is 0 Å². The molecule has 0 saturated carbocycles. The average Bonchev–Trinajstić information content (AvgIpc) is 3.10. The highest BCUT2D eigenvalue weighted by Gasteiger charge is 2.41. The number of hydrogen-bond donors (Lipinski definition) is 1. The van der Waals surface area contributed by atoms with Crippen LogP contribution in [0.2, 0.25) is 0 Å². The highest BCUT2D eigenvalue weighted by Crippen LogP contribution is 2.25. The molecule has 2 rings (SSSR count). The fraction of sp³-hybridized carbons (Fsp3) is 0.613. The third-order valence-corrected chi connectivity index (χ3v) is 5.89. The number of esters is 3. The molecule has 0 saturated heterocycles. The van der Waals surface area contributed by atoms with E-state index in [0.29, 0.717) is 46.2 Å². The molecule has 1 aromatic rings. The van der Waals surface area contributed by atoms with Crippen LogP contribution < -0.4 is 5.32 Å². The molecule has 0 radical (unpaired) electrons. The predicted molar refractivity (Wildman–Crippen MR) is 157 cm³/mol. The van der Waals surface area contributed by atoms with Crippen molar-refractivity contribution >= 4 is 23.8 Å². The summed E-state index contributed by atoms with van der Waals surface area (Å²) in [6.07, 6.45) is -2.52. The smallest absolute Gasteiger partial charge is 0.303 e. The molecule has 252 valence electrons. The fourth-order valence-corrected chi connectivity index (χ4v) is 4.05. The predicted octanol–water partition coefficient (Wildman–Crippen LogP) is 1.83. The first-order valence-electron chi connectivity index (χ1n) is 14.7.